The van der Waals surface area contributed by atoms with Crippen molar-refractivity contribution in [3.63, 3.8) is 0 Å². The number of methoxy groups -OCH3 is 1. The summed E-state index contributed by atoms with van der Waals surface area (Å²) >= 11 is 0. The van der Waals surface area contributed by atoms with Crippen molar-refractivity contribution >= 4 is 17.0 Å². The zero-order chi connectivity index (χ0) is 15.1. The van der Waals surface area contributed by atoms with E-state index < -0.39 is 0 Å². The maximum absolute atomic E-state index is 11.9. The molecule has 0 saturated heterocycles. The van der Waals surface area contributed by atoms with Gasteiger partial charge >= 0.3 is 0 Å². The van der Waals surface area contributed by atoms with Crippen LogP contribution in [0.25, 0.3) is 11.0 Å². The van der Waals surface area contributed by atoms with Gasteiger partial charge in [-0.2, -0.15) is 0 Å². The summed E-state index contributed by atoms with van der Waals surface area (Å²) in [6.45, 7) is 3.11. The Bertz CT molecular complexity index is 592. The molecule has 0 saturated carbocycles. The number of fused-ring (bicyclic) bond motifs is 1. The van der Waals surface area contributed by atoms with Gasteiger partial charge in [-0.05, 0) is 23.4 Å². The summed E-state index contributed by atoms with van der Waals surface area (Å²) in [6, 6.07) is 5.07. The largest absolute Gasteiger partial charge is 0.594 e. The molecule has 1 aromatic carbocycles. The van der Waals surface area contributed by atoms with Gasteiger partial charge in [-0.25, -0.2) is 4.98 Å². The minimum absolute atomic E-state index is 0.248. The molecule has 0 atom stereocenters. The average molecular weight is 292 g/mol. The van der Waals surface area contributed by atoms with Crippen LogP contribution in [0.15, 0.2) is 18.2 Å². The van der Waals surface area contributed by atoms with Crippen molar-refractivity contribution in [2.24, 2.45) is 0 Å². The highest BCUT2D eigenvalue weighted by molar-refractivity contribution is 5.73. The molecule has 0 aliphatic carbocycles. The lowest BCUT2D eigenvalue weighted by Crippen LogP contribution is -2.33. The van der Waals surface area contributed by atoms with Gasteiger partial charge in [0.05, 0.1) is 18.3 Å². The van der Waals surface area contributed by atoms with Crippen LogP contribution in [0.3, 0.4) is 0 Å². The van der Waals surface area contributed by atoms with E-state index >= 15 is 0 Å². The molecule has 0 aliphatic heterocycles. The standard InChI is InChI=1S/C14H20N4O3/c1-3-4-5-8-21-10-15-14-16-12-7-6-11(20-2)9-13(12)18(19)17-14/h6-7,9H,3-5,8,10H2,1-2H3,(H,15,16,17). The Balaban J connectivity index is 1.98. The maximum atomic E-state index is 11.9. The normalized spacial score (nSPS) is 10.8. The molecular formula is C14H20N4O3. The van der Waals surface area contributed by atoms with Gasteiger partial charge in [0.1, 0.15) is 18.0 Å². The molecule has 1 aromatic heterocycles. The van der Waals surface area contributed by atoms with Gasteiger partial charge in [0.15, 0.2) is 0 Å². The molecule has 0 fully saturated rings. The predicted molar refractivity (Wildman–Crippen MR) is 79.0 cm³/mol. The minimum atomic E-state index is 0.248. The van der Waals surface area contributed by atoms with E-state index in [1.807, 2.05) is 0 Å². The molecule has 114 valence electrons. The first-order valence-electron chi connectivity index (χ1n) is 7.02. The maximum Gasteiger partial charge on any atom is 0.292 e. The third-order valence-corrected chi connectivity index (χ3v) is 3.03. The van der Waals surface area contributed by atoms with E-state index in [0.717, 1.165) is 19.3 Å². The highest BCUT2D eigenvalue weighted by Crippen LogP contribution is 2.16. The summed E-state index contributed by atoms with van der Waals surface area (Å²) in [5.41, 5.74) is 0.915. The third kappa shape index (κ3) is 4.16. The van der Waals surface area contributed by atoms with E-state index in [0.29, 0.717) is 28.2 Å². The number of nitrogens with one attached hydrogen (secondary N) is 1. The van der Waals surface area contributed by atoms with Crippen molar-refractivity contribution in [3.05, 3.63) is 23.4 Å². The zero-order valence-corrected chi connectivity index (χ0v) is 12.3. The highest BCUT2D eigenvalue weighted by Gasteiger charge is 2.11. The van der Waals surface area contributed by atoms with Crippen LogP contribution in [0.5, 0.6) is 5.75 Å². The van der Waals surface area contributed by atoms with Crippen molar-refractivity contribution in [2.45, 2.75) is 26.2 Å². The molecule has 2 rings (SSSR count). The van der Waals surface area contributed by atoms with E-state index in [1.54, 1.807) is 25.3 Å². The van der Waals surface area contributed by atoms with E-state index in [2.05, 4.69) is 22.3 Å². The second kappa shape index (κ2) is 7.58. The lowest BCUT2D eigenvalue weighted by Gasteiger charge is -2.07. The van der Waals surface area contributed by atoms with E-state index in [4.69, 9.17) is 9.47 Å². The minimum Gasteiger partial charge on any atom is -0.594 e. The van der Waals surface area contributed by atoms with Gasteiger partial charge < -0.3 is 20.0 Å². The number of aromatic nitrogens is 3. The molecule has 0 aliphatic rings. The van der Waals surface area contributed by atoms with Crippen molar-refractivity contribution in [3.8, 4) is 5.75 Å². The Morgan fingerprint density at radius 2 is 2.19 bits per heavy atom. The van der Waals surface area contributed by atoms with Crippen LogP contribution in [0, 0.1) is 5.21 Å². The number of nitrogens with zero attached hydrogens (tertiary/aromatic N) is 3. The third-order valence-electron chi connectivity index (χ3n) is 3.03. The average Bonchev–Trinajstić information content (AvgIpc) is 2.50. The molecular weight excluding hydrogens is 272 g/mol. The first kappa shape index (κ1) is 15.2. The Morgan fingerprint density at radius 3 is 2.95 bits per heavy atom. The van der Waals surface area contributed by atoms with E-state index in [9.17, 15) is 5.21 Å². The summed E-state index contributed by atoms with van der Waals surface area (Å²) in [4.78, 5) is 4.80. The van der Waals surface area contributed by atoms with Crippen LogP contribution in [0.4, 0.5) is 5.95 Å². The van der Waals surface area contributed by atoms with Gasteiger partial charge in [-0.1, -0.05) is 19.8 Å². The van der Waals surface area contributed by atoms with Crippen molar-refractivity contribution in [1.82, 2.24) is 10.1 Å². The fourth-order valence-electron chi connectivity index (χ4n) is 1.87. The summed E-state index contributed by atoms with van der Waals surface area (Å²) < 4.78 is 10.5. The Labute approximate surface area is 123 Å². The molecule has 2 aromatic rings. The molecule has 0 radical (unpaired) electrons. The van der Waals surface area contributed by atoms with Crippen LogP contribution < -0.4 is 14.9 Å². The Morgan fingerprint density at radius 1 is 1.33 bits per heavy atom. The molecule has 1 N–H and O–H groups in total. The first-order valence-corrected chi connectivity index (χ1v) is 7.02. The number of ether oxygens (including phenoxy) is 2. The lowest BCUT2D eigenvalue weighted by molar-refractivity contribution is -0.641. The SMILES string of the molecule is CCCCCOCNc1nc2ccc(OC)cc2[n+]([O-])n1. The van der Waals surface area contributed by atoms with Crippen LogP contribution >= 0.6 is 0 Å². The zero-order valence-electron chi connectivity index (χ0n) is 12.3. The number of hydrogen-bond donors (Lipinski definition) is 1. The van der Waals surface area contributed by atoms with Crippen molar-refractivity contribution in [1.29, 1.82) is 0 Å². The quantitative estimate of drug-likeness (QED) is 0.346. The van der Waals surface area contributed by atoms with Gasteiger partial charge in [0, 0.05) is 6.61 Å². The van der Waals surface area contributed by atoms with Gasteiger partial charge in [0.2, 0.25) is 0 Å². The number of unbranched alkanes of at least 4 members (excludes halogenated alkanes) is 2. The second-order valence-electron chi connectivity index (χ2n) is 4.60. The monoisotopic (exact) mass is 292 g/mol. The molecule has 0 bridgehead atoms. The summed E-state index contributed by atoms with van der Waals surface area (Å²) in [5, 5.41) is 18.6. The summed E-state index contributed by atoms with van der Waals surface area (Å²) in [6.07, 6.45) is 3.33. The fraction of sp³-hybridized carbons (Fsp3) is 0.500. The van der Waals surface area contributed by atoms with Gasteiger partial charge in [-0.3, -0.25) is 0 Å². The Kier molecular flexibility index (Phi) is 5.51. The van der Waals surface area contributed by atoms with Crippen LogP contribution in [-0.4, -0.2) is 30.5 Å². The predicted octanol–water partition coefficient (Wildman–Crippen LogP) is 1.85. The Hall–Kier alpha value is -2.15. The van der Waals surface area contributed by atoms with Crippen LogP contribution in [-0.2, 0) is 4.74 Å². The molecule has 0 spiro atoms. The fourth-order valence-corrected chi connectivity index (χ4v) is 1.87. The molecule has 1 heterocycles. The number of benzene rings is 1. The lowest BCUT2D eigenvalue weighted by atomic mass is 10.3. The molecule has 0 unspecified atom stereocenters. The van der Waals surface area contributed by atoms with Crippen molar-refractivity contribution in [2.75, 3.05) is 25.8 Å². The topological polar surface area (TPSA) is 83.2 Å². The van der Waals surface area contributed by atoms with Crippen molar-refractivity contribution < 1.29 is 14.3 Å². The van der Waals surface area contributed by atoms with Crippen LogP contribution in [0.1, 0.15) is 26.2 Å². The van der Waals surface area contributed by atoms with Gasteiger partial charge in [0.25, 0.3) is 11.5 Å². The molecule has 21 heavy (non-hydrogen) atoms. The molecule has 7 heteroatoms. The first-order chi connectivity index (χ1) is 10.2. The molecule has 7 nitrogen and oxygen atoms in total. The van der Waals surface area contributed by atoms with Gasteiger partial charge in [-0.15, -0.1) is 0 Å². The molecule has 0 amide bonds. The number of rotatable bonds is 8. The van der Waals surface area contributed by atoms with E-state index in [-0.39, 0.29) is 12.7 Å². The number of hydrogen-bond acceptors (Lipinski definition) is 6. The number of anilines is 1. The second-order valence-corrected chi connectivity index (χ2v) is 4.60. The smallest absolute Gasteiger partial charge is 0.292 e. The van der Waals surface area contributed by atoms with E-state index in [1.165, 1.54) is 0 Å². The summed E-state index contributed by atoms with van der Waals surface area (Å²) in [5.74, 6) is 0.842. The van der Waals surface area contributed by atoms with Crippen LogP contribution in [0.2, 0.25) is 0 Å². The highest BCUT2D eigenvalue weighted by atomic mass is 16.5. The summed E-state index contributed by atoms with van der Waals surface area (Å²) in [7, 11) is 1.54.